The van der Waals surface area contributed by atoms with Crippen molar-refractivity contribution in [1.29, 1.82) is 0 Å². The van der Waals surface area contributed by atoms with Crippen molar-refractivity contribution < 1.29 is 17.9 Å². The Balaban J connectivity index is 1.73. The number of hydrogen-bond donors (Lipinski definition) is 0. The van der Waals surface area contributed by atoms with Gasteiger partial charge in [0.05, 0.1) is 18.1 Å². The Morgan fingerprint density at radius 3 is 2.04 bits per heavy atom. The molecule has 0 aromatic heterocycles. The molecule has 24 heavy (non-hydrogen) atoms. The first-order valence-corrected chi connectivity index (χ1v) is 10.0. The number of carbonyl (C=O) groups excluding carboxylic acids is 1. The predicted octanol–water partition coefficient (Wildman–Crippen LogP) is 1.72. The summed E-state index contributed by atoms with van der Waals surface area (Å²) in [7, 11) is -3.51. The number of nitrogens with zero attached hydrogens (tertiary/aromatic N) is 2. The summed E-state index contributed by atoms with van der Waals surface area (Å²) in [4.78, 5) is 14.7. The van der Waals surface area contributed by atoms with Crippen LogP contribution in [0.4, 0.5) is 0 Å². The van der Waals surface area contributed by atoms with Gasteiger partial charge in [0.25, 0.3) is 5.91 Å². The van der Waals surface area contributed by atoms with Crippen LogP contribution < -0.4 is 0 Å². The van der Waals surface area contributed by atoms with Gasteiger partial charge in [-0.25, -0.2) is 8.42 Å². The molecular formula is C17H24N2O4S. The molecule has 132 valence electrons. The minimum atomic E-state index is -3.51. The van der Waals surface area contributed by atoms with Crippen LogP contribution in [0, 0.1) is 0 Å². The van der Waals surface area contributed by atoms with Gasteiger partial charge >= 0.3 is 0 Å². The van der Waals surface area contributed by atoms with Gasteiger partial charge in [0.15, 0.2) is 0 Å². The minimum absolute atomic E-state index is 0.00720. The highest BCUT2D eigenvalue weighted by molar-refractivity contribution is 7.89. The van der Waals surface area contributed by atoms with Gasteiger partial charge in [-0.05, 0) is 37.1 Å². The summed E-state index contributed by atoms with van der Waals surface area (Å²) in [6, 6.07) is 6.33. The molecule has 0 radical (unpaired) electrons. The van der Waals surface area contributed by atoms with Gasteiger partial charge in [-0.15, -0.1) is 0 Å². The van der Waals surface area contributed by atoms with E-state index in [4.69, 9.17) is 4.74 Å². The third kappa shape index (κ3) is 3.79. The van der Waals surface area contributed by atoms with Crippen LogP contribution in [0.15, 0.2) is 29.2 Å². The van der Waals surface area contributed by atoms with E-state index < -0.39 is 10.0 Å². The number of carbonyl (C=O) groups is 1. The highest BCUT2D eigenvalue weighted by Gasteiger charge is 2.26. The lowest BCUT2D eigenvalue weighted by Crippen LogP contribution is -2.40. The molecule has 2 fully saturated rings. The van der Waals surface area contributed by atoms with Crippen molar-refractivity contribution in [1.82, 2.24) is 9.21 Å². The minimum Gasteiger partial charge on any atom is -0.379 e. The molecular weight excluding hydrogens is 328 g/mol. The number of benzene rings is 1. The SMILES string of the molecule is O=C(c1ccc(S(=O)(=O)N2CCOCC2)cc1)N1CCCCCC1. The van der Waals surface area contributed by atoms with E-state index in [1.54, 1.807) is 12.1 Å². The van der Waals surface area contributed by atoms with E-state index in [1.165, 1.54) is 29.3 Å². The van der Waals surface area contributed by atoms with Crippen LogP contribution >= 0.6 is 0 Å². The van der Waals surface area contributed by atoms with Crippen molar-refractivity contribution in [3.63, 3.8) is 0 Å². The Morgan fingerprint density at radius 1 is 0.875 bits per heavy atom. The molecule has 0 N–H and O–H groups in total. The molecule has 0 unspecified atom stereocenters. The third-order valence-corrected chi connectivity index (χ3v) is 6.52. The first kappa shape index (κ1) is 17.4. The lowest BCUT2D eigenvalue weighted by molar-refractivity contribution is 0.0730. The van der Waals surface area contributed by atoms with Crippen LogP contribution in [-0.4, -0.2) is 62.9 Å². The van der Waals surface area contributed by atoms with E-state index in [-0.39, 0.29) is 10.8 Å². The van der Waals surface area contributed by atoms with Crippen molar-refractivity contribution in [3.05, 3.63) is 29.8 Å². The number of ether oxygens (including phenoxy) is 1. The lowest BCUT2D eigenvalue weighted by atomic mass is 10.2. The highest BCUT2D eigenvalue weighted by atomic mass is 32.2. The van der Waals surface area contributed by atoms with Crippen molar-refractivity contribution in [2.24, 2.45) is 0 Å². The Bertz CT molecular complexity index is 658. The molecule has 0 bridgehead atoms. The topological polar surface area (TPSA) is 66.9 Å². The van der Waals surface area contributed by atoms with E-state index in [0.29, 0.717) is 31.9 Å². The largest absolute Gasteiger partial charge is 0.379 e. The summed E-state index contributed by atoms with van der Waals surface area (Å²) in [6.07, 6.45) is 4.41. The maximum atomic E-state index is 12.6. The van der Waals surface area contributed by atoms with Gasteiger partial charge in [-0.2, -0.15) is 4.31 Å². The Morgan fingerprint density at radius 2 is 1.46 bits per heavy atom. The Hall–Kier alpha value is -1.44. The quantitative estimate of drug-likeness (QED) is 0.831. The standard InChI is InChI=1S/C17H24N2O4S/c20-17(18-9-3-1-2-4-10-18)15-5-7-16(8-6-15)24(21,22)19-11-13-23-14-12-19/h5-8H,1-4,9-14H2. The van der Waals surface area contributed by atoms with Crippen molar-refractivity contribution >= 4 is 15.9 Å². The molecule has 2 aliphatic heterocycles. The Labute approximate surface area is 143 Å². The molecule has 0 saturated carbocycles. The molecule has 2 heterocycles. The lowest BCUT2D eigenvalue weighted by Gasteiger charge is -2.26. The maximum Gasteiger partial charge on any atom is 0.253 e. The van der Waals surface area contributed by atoms with Crippen LogP contribution in [-0.2, 0) is 14.8 Å². The predicted molar refractivity (Wildman–Crippen MR) is 90.4 cm³/mol. The Kier molecular flexibility index (Phi) is 5.53. The molecule has 2 saturated heterocycles. The summed E-state index contributed by atoms with van der Waals surface area (Å²) in [6.45, 7) is 3.16. The summed E-state index contributed by atoms with van der Waals surface area (Å²) in [5, 5.41) is 0. The van der Waals surface area contributed by atoms with Gasteiger partial charge in [0.1, 0.15) is 0 Å². The van der Waals surface area contributed by atoms with Crippen LogP contribution in [0.2, 0.25) is 0 Å². The average molecular weight is 352 g/mol. The molecule has 2 aliphatic rings. The number of likely N-dealkylation sites (tertiary alicyclic amines) is 1. The second kappa shape index (κ2) is 7.63. The maximum absolute atomic E-state index is 12.6. The third-order valence-electron chi connectivity index (χ3n) is 4.60. The van der Waals surface area contributed by atoms with Crippen LogP contribution in [0.1, 0.15) is 36.0 Å². The zero-order chi connectivity index (χ0) is 17.0. The summed E-state index contributed by atoms with van der Waals surface area (Å²) < 4.78 is 31.8. The average Bonchev–Trinajstić information content (AvgIpc) is 2.91. The fourth-order valence-corrected chi connectivity index (χ4v) is 4.57. The fourth-order valence-electron chi connectivity index (χ4n) is 3.16. The van der Waals surface area contributed by atoms with Crippen LogP contribution in [0.25, 0.3) is 0 Å². The first-order valence-electron chi connectivity index (χ1n) is 8.56. The molecule has 0 aliphatic carbocycles. The van der Waals surface area contributed by atoms with Gasteiger partial charge in [0, 0.05) is 31.7 Å². The molecule has 3 rings (SSSR count). The summed E-state index contributed by atoms with van der Waals surface area (Å²) >= 11 is 0. The zero-order valence-electron chi connectivity index (χ0n) is 13.8. The zero-order valence-corrected chi connectivity index (χ0v) is 14.6. The highest BCUT2D eigenvalue weighted by Crippen LogP contribution is 2.19. The van der Waals surface area contributed by atoms with E-state index in [0.717, 1.165) is 25.9 Å². The summed E-state index contributed by atoms with van der Waals surface area (Å²) in [5.74, 6) is -0.00720. The first-order chi connectivity index (χ1) is 11.6. The second-order valence-corrected chi connectivity index (χ2v) is 8.19. The smallest absolute Gasteiger partial charge is 0.253 e. The monoisotopic (exact) mass is 352 g/mol. The molecule has 0 atom stereocenters. The van der Waals surface area contributed by atoms with Gasteiger partial charge in [-0.1, -0.05) is 12.8 Å². The van der Waals surface area contributed by atoms with E-state index in [9.17, 15) is 13.2 Å². The molecule has 1 aromatic rings. The van der Waals surface area contributed by atoms with E-state index in [2.05, 4.69) is 0 Å². The summed E-state index contributed by atoms with van der Waals surface area (Å²) in [5.41, 5.74) is 0.554. The van der Waals surface area contributed by atoms with E-state index in [1.807, 2.05) is 4.90 Å². The van der Waals surface area contributed by atoms with Crippen LogP contribution in [0.5, 0.6) is 0 Å². The van der Waals surface area contributed by atoms with Crippen LogP contribution in [0.3, 0.4) is 0 Å². The normalized spacial score (nSPS) is 20.6. The number of hydrogen-bond acceptors (Lipinski definition) is 4. The molecule has 1 amide bonds. The van der Waals surface area contributed by atoms with E-state index >= 15 is 0 Å². The molecule has 6 nitrogen and oxygen atoms in total. The number of rotatable bonds is 3. The number of amides is 1. The van der Waals surface area contributed by atoms with Gasteiger partial charge in [-0.3, -0.25) is 4.79 Å². The number of sulfonamides is 1. The second-order valence-electron chi connectivity index (χ2n) is 6.25. The van der Waals surface area contributed by atoms with Crippen molar-refractivity contribution in [3.8, 4) is 0 Å². The molecule has 0 spiro atoms. The van der Waals surface area contributed by atoms with Gasteiger partial charge in [0.2, 0.25) is 10.0 Å². The van der Waals surface area contributed by atoms with Crippen molar-refractivity contribution in [2.75, 3.05) is 39.4 Å². The molecule has 1 aromatic carbocycles. The fraction of sp³-hybridized carbons (Fsp3) is 0.588. The van der Waals surface area contributed by atoms with Crippen molar-refractivity contribution in [2.45, 2.75) is 30.6 Å². The number of morpholine rings is 1. The molecule has 7 heteroatoms. The van der Waals surface area contributed by atoms with Gasteiger partial charge < -0.3 is 9.64 Å².